The molecule has 52 valence electrons. The number of carbonyl (C=O) groups excluding carboxylic acids is 2. The van der Waals surface area contributed by atoms with Gasteiger partial charge in [-0.25, -0.2) is 4.90 Å². The summed E-state index contributed by atoms with van der Waals surface area (Å²) in [6.45, 7) is 0. The highest BCUT2D eigenvalue weighted by Gasteiger charge is 2.19. The fourth-order valence-corrected chi connectivity index (χ4v) is 0.851. The van der Waals surface area contributed by atoms with Gasteiger partial charge in [0.05, 0.1) is 0 Å². The van der Waals surface area contributed by atoms with Gasteiger partial charge in [-0.2, -0.15) is 0 Å². The minimum absolute atomic E-state index is 0.305. The minimum Gasteiger partial charge on any atom is -0.269 e. The third-order valence-corrected chi connectivity index (χ3v) is 1.29. The van der Waals surface area contributed by atoms with Crippen molar-refractivity contribution in [3.63, 3.8) is 0 Å². The Bertz CT molecular complexity index is 214. The first-order valence-corrected chi connectivity index (χ1v) is 3.49. The first-order chi connectivity index (χ1) is 4.75. The van der Waals surface area contributed by atoms with Crippen molar-refractivity contribution in [3.8, 4) is 0 Å². The van der Waals surface area contributed by atoms with Gasteiger partial charge in [0.2, 0.25) is 0 Å². The van der Waals surface area contributed by atoms with Crippen LogP contribution in [-0.2, 0) is 9.59 Å². The van der Waals surface area contributed by atoms with Gasteiger partial charge in [-0.15, -0.1) is 0 Å². The van der Waals surface area contributed by atoms with Crippen molar-refractivity contribution in [1.82, 2.24) is 4.90 Å². The molecule has 2 amide bonds. The minimum atomic E-state index is -0.305. The summed E-state index contributed by atoms with van der Waals surface area (Å²) < 4.78 is 0. The standard InChI is InChI=1S/C6H4BrNO2/c7-3-4-8-5(9)1-2-6(8)10/h1-4H. The molecule has 0 atom stereocenters. The van der Waals surface area contributed by atoms with Crippen LogP contribution in [0.5, 0.6) is 0 Å². The van der Waals surface area contributed by atoms with E-state index in [9.17, 15) is 9.59 Å². The third kappa shape index (κ3) is 1.16. The van der Waals surface area contributed by atoms with Crippen molar-refractivity contribution in [2.75, 3.05) is 0 Å². The second-order valence-corrected chi connectivity index (χ2v) is 2.18. The van der Waals surface area contributed by atoms with Crippen molar-refractivity contribution in [2.45, 2.75) is 0 Å². The van der Waals surface area contributed by atoms with Crippen molar-refractivity contribution < 1.29 is 9.59 Å². The third-order valence-electron chi connectivity index (χ3n) is 1.05. The van der Waals surface area contributed by atoms with Crippen molar-refractivity contribution in [2.24, 2.45) is 0 Å². The molecule has 1 rings (SSSR count). The molecule has 0 unspecified atom stereocenters. The molecule has 10 heavy (non-hydrogen) atoms. The van der Waals surface area contributed by atoms with E-state index in [1.807, 2.05) is 0 Å². The van der Waals surface area contributed by atoms with E-state index in [0.29, 0.717) is 0 Å². The highest BCUT2D eigenvalue weighted by atomic mass is 79.9. The molecule has 1 heterocycles. The monoisotopic (exact) mass is 201 g/mol. The Labute approximate surface area is 66.1 Å². The largest absolute Gasteiger partial charge is 0.269 e. The zero-order valence-electron chi connectivity index (χ0n) is 4.95. The molecular weight excluding hydrogens is 198 g/mol. The van der Waals surface area contributed by atoms with Gasteiger partial charge < -0.3 is 0 Å². The molecule has 0 bridgehead atoms. The van der Waals surface area contributed by atoms with E-state index in [2.05, 4.69) is 15.9 Å². The van der Waals surface area contributed by atoms with Crippen LogP contribution in [0.25, 0.3) is 0 Å². The van der Waals surface area contributed by atoms with Crippen LogP contribution in [0.3, 0.4) is 0 Å². The fourth-order valence-electron chi connectivity index (χ4n) is 0.615. The molecular formula is C6H4BrNO2. The SMILES string of the molecule is O=C1C=CC(=O)N1C=CBr. The Morgan fingerprint density at radius 2 is 1.80 bits per heavy atom. The van der Waals surface area contributed by atoms with Gasteiger partial charge >= 0.3 is 0 Å². The quantitative estimate of drug-likeness (QED) is 0.589. The maximum absolute atomic E-state index is 10.7. The van der Waals surface area contributed by atoms with E-state index in [1.165, 1.54) is 23.3 Å². The Morgan fingerprint density at radius 3 is 2.20 bits per heavy atom. The van der Waals surface area contributed by atoms with Crippen LogP contribution >= 0.6 is 15.9 Å². The lowest BCUT2D eigenvalue weighted by Gasteiger charge is -2.04. The number of imide groups is 1. The Hall–Kier alpha value is -0.900. The van der Waals surface area contributed by atoms with Gasteiger partial charge in [0.25, 0.3) is 11.8 Å². The van der Waals surface area contributed by atoms with Gasteiger partial charge in [0.15, 0.2) is 0 Å². The number of nitrogens with zero attached hydrogens (tertiary/aromatic N) is 1. The lowest BCUT2D eigenvalue weighted by atomic mass is 10.6. The highest BCUT2D eigenvalue weighted by Crippen LogP contribution is 2.04. The van der Waals surface area contributed by atoms with Gasteiger partial charge in [0.1, 0.15) is 0 Å². The lowest BCUT2D eigenvalue weighted by Crippen LogP contribution is -2.23. The summed E-state index contributed by atoms with van der Waals surface area (Å²) in [5, 5.41) is 0. The van der Waals surface area contributed by atoms with E-state index in [1.54, 1.807) is 0 Å². The summed E-state index contributed by atoms with van der Waals surface area (Å²) in [7, 11) is 0. The maximum Gasteiger partial charge on any atom is 0.257 e. The number of carbonyl (C=O) groups is 2. The first-order valence-electron chi connectivity index (χ1n) is 2.58. The number of halogens is 1. The molecule has 0 saturated carbocycles. The molecule has 1 aliphatic heterocycles. The van der Waals surface area contributed by atoms with Crippen LogP contribution in [0.1, 0.15) is 0 Å². The van der Waals surface area contributed by atoms with Crippen molar-refractivity contribution >= 4 is 27.7 Å². The second kappa shape index (κ2) is 2.79. The van der Waals surface area contributed by atoms with Crippen LogP contribution in [0.15, 0.2) is 23.3 Å². The van der Waals surface area contributed by atoms with Crippen LogP contribution in [0.4, 0.5) is 0 Å². The number of hydrogen-bond acceptors (Lipinski definition) is 2. The highest BCUT2D eigenvalue weighted by molar-refractivity contribution is 9.11. The Balaban J connectivity index is 2.79. The molecule has 3 nitrogen and oxygen atoms in total. The summed E-state index contributed by atoms with van der Waals surface area (Å²) in [5.41, 5.74) is 0. The summed E-state index contributed by atoms with van der Waals surface area (Å²) in [5.74, 6) is -0.610. The first kappa shape index (κ1) is 7.21. The van der Waals surface area contributed by atoms with Gasteiger partial charge in [-0.3, -0.25) is 9.59 Å². The van der Waals surface area contributed by atoms with Crippen LogP contribution in [0.2, 0.25) is 0 Å². The number of amides is 2. The zero-order chi connectivity index (χ0) is 7.56. The van der Waals surface area contributed by atoms with E-state index in [0.717, 1.165) is 4.90 Å². The van der Waals surface area contributed by atoms with Crippen LogP contribution in [-0.4, -0.2) is 16.7 Å². The van der Waals surface area contributed by atoms with Gasteiger partial charge in [-0.1, -0.05) is 15.9 Å². The molecule has 1 aliphatic rings. The van der Waals surface area contributed by atoms with E-state index >= 15 is 0 Å². The zero-order valence-corrected chi connectivity index (χ0v) is 6.54. The second-order valence-electron chi connectivity index (χ2n) is 1.65. The summed E-state index contributed by atoms with van der Waals surface area (Å²) in [6, 6.07) is 0. The topological polar surface area (TPSA) is 37.4 Å². The lowest BCUT2D eigenvalue weighted by molar-refractivity contribution is -0.133. The maximum atomic E-state index is 10.7. The van der Waals surface area contributed by atoms with Gasteiger partial charge in [0, 0.05) is 18.4 Å². The molecule has 0 aliphatic carbocycles. The van der Waals surface area contributed by atoms with E-state index in [4.69, 9.17) is 0 Å². The molecule has 0 saturated heterocycles. The fraction of sp³-hybridized carbons (Fsp3) is 0. The molecule has 0 spiro atoms. The average Bonchev–Trinajstić information content (AvgIpc) is 2.20. The number of hydrogen-bond donors (Lipinski definition) is 0. The van der Waals surface area contributed by atoms with Crippen LogP contribution in [0, 0.1) is 0 Å². The Morgan fingerprint density at radius 1 is 1.30 bits per heavy atom. The molecule has 0 N–H and O–H groups in total. The number of rotatable bonds is 1. The molecule has 4 heteroatoms. The normalized spacial score (nSPS) is 17.9. The van der Waals surface area contributed by atoms with Crippen molar-refractivity contribution in [3.05, 3.63) is 23.3 Å². The predicted molar refractivity (Wildman–Crippen MR) is 39.1 cm³/mol. The molecule has 0 radical (unpaired) electrons. The summed E-state index contributed by atoms with van der Waals surface area (Å²) >= 11 is 2.96. The summed E-state index contributed by atoms with van der Waals surface area (Å²) in [6.07, 6.45) is 3.83. The Kier molecular flexibility index (Phi) is 2.01. The smallest absolute Gasteiger partial charge is 0.257 e. The van der Waals surface area contributed by atoms with E-state index < -0.39 is 0 Å². The predicted octanol–water partition coefficient (Wildman–Crippen LogP) is 0.777. The molecule has 0 aromatic heterocycles. The van der Waals surface area contributed by atoms with E-state index in [-0.39, 0.29) is 11.8 Å². The average molecular weight is 202 g/mol. The molecule has 0 fully saturated rings. The summed E-state index contributed by atoms with van der Waals surface area (Å²) in [4.78, 5) is 23.9. The molecule has 0 aromatic carbocycles. The molecule has 0 aromatic rings. The van der Waals surface area contributed by atoms with Crippen LogP contribution < -0.4 is 0 Å². The van der Waals surface area contributed by atoms with Crippen molar-refractivity contribution in [1.29, 1.82) is 0 Å². The van der Waals surface area contributed by atoms with Gasteiger partial charge in [-0.05, 0) is 4.99 Å².